The summed E-state index contributed by atoms with van der Waals surface area (Å²) >= 11 is 15.2. The highest BCUT2D eigenvalue weighted by atomic mass is 79.9. The Kier molecular flexibility index (Phi) is 4.71. The zero-order valence-electron chi connectivity index (χ0n) is 9.66. The average Bonchev–Trinajstić information content (AvgIpc) is 2.38. The molecule has 0 fully saturated rings. The standard InChI is InChI=1S/C14H8BrCl2NO/c15-7-9-1-2-14(10(3-9)8-18)19-13-5-11(16)4-12(17)6-13/h1-6H,7H2. The van der Waals surface area contributed by atoms with Crippen molar-refractivity contribution >= 4 is 39.1 Å². The van der Waals surface area contributed by atoms with Crippen molar-refractivity contribution in [3.8, 4) is 17.6 Å². The molecular formula is C14H8BrCl2NO. The molecule has 0 aromatic heterocycles. The first kappa shape index (κ1) is 14.2. The van der Waals surface area contributed by atoms with E-state index >= 15 is 0 Å². The molecule has 0 unspecified atom stereocenters. The summed E-state index contributed by atoms with van der Waals surface area (Å²) in [6.45, 7) is 0. The van der Waals surface area contributed by atoms with Crippen molar-refractivity contribution in [1.29, 1.82) is 5.26 Å². The molecule has 0 heterocycles. The number of alkyl halides is 1. The second kappa shape index (κ2) is 6.29. The van der Waals surface area contributed by atoms with Gasteiger partial charge in [0, 0.05) is 15.4 Å². The SMILES string of the molecule is N#Cc1cc(CBr)ccc1Oc1cc(Cl)cc(Cl)c1. The third kappa shape index (κ3) is 3.63. The molecule has 2 aromatic carbocycles. The molecule has 0 bridgehead atoms. The van der Waals surface area contributed by atoms with Crippen molar-refractivity contribution in [1.82, 2.24) is 0 Å². The second-order valence-corrected chi connectivity index (χ2v) is 5.22. The van der Waals surface area contributed by atoms with Gasteiger partial charge in [-0.15, -0.1) is 0 Å². The van der Waals surface area contributed by atoms with Gasteiger partial charge in [-0.1, -0.05) is 45.2 Å². The molecule has 0 saturated heterocycles. The third-order valence-electron chi connectivity index (χ3n) is 2.38. The number of ether oxygens (including phenoxy) is 1. The zero-order chi connectivity index (χ0) is 13.8. The van der Waals surface area contributed by atoms with Gasteiger partial charge in [0.15, 0.2) is 0 Å². The molecule has 0 N–H and O–H groups in total. The number of rotatable bonds is 3. The van der Waals surface area contributed by atoms with Crippen LogP contribution in [0.25, 0.3) is 0 Å². The van der Waals surface area contributed by atoms with Crippen LogP contribution in [0, 0.1) is 11.3 Å². The Balaban J connectivity index is 2.35. The van der Waals surface area contributed by atoms with Crippen LogP contribution < -0.4 is 4.74 Å². The number of halogens is 3. The molecule has 2 nitrogen and oxygen atoms in total. The van der Waals surface area contributed by atoms with Gasteiger partial charge >= 0.3 is 0 Å². The highest BCUT2D eigenvalue weighted by Gasteiger charge is 2.07. The Morgan fingerprint density at radius 2 is 1.79 bits per heavy atom. The number of nitrogens with zero attached hydrogens (tertiary/aromatic N) is 1. The minimum Gasteiger partial charge on any atom is -0.456 e. The number of nitriles is 1. The molecule has 0 aliphatic heterocycles. The normalized spacial score (nSPS) is 10.0. The molecule has 0 saturated carbocycles. The van der Waals surface area contributed by atoms with Gasteiger partial charge in [-0.3, -0.25) is 0 Å². The maximum Gasteiger partial charge on any atom is 0.145 e. The molecule has 0 radical (unpaired) electrons. The quantitative estimate of drug-likeness (QED) is 0.675. The van der Waals surface area contributed by atoms with Crippen LogP contribution in [0.4, 0.5) is 0 Å². The van der Waals surface area contributed by atoms with Crippen LogP contribution in [0.2, 0.25) is 10.0 Å². The summed E-state index contributed by atoms with van der Waals surface area (Å²) in [4.78, 5) is 0. The number of hydrogen-bond acceptors (Lipinski definition) is 2. The van der Waals surface area contributed by atoms with Crippen LogP contribution in [0.1, 0.15) is 11.1 Å². The number of hydrogen-bond donors (Lipinski definition) is 0. The fourth-order valence-electron chi connectivity index (χ4n) is 1.55. The largest absolute Gasteiger partial charge is 0.456 e. The molecule has 2 rings (SSSR count). The summed E-state index contributed by atoms with van der Waals surface area (Å²) in [5.74, 6) is 0.978. The van der Waals surface area contributed by atoms with E-state index in [2.05, 4.69) is 22.0 Å². The molecule has 2 aromatic rings. The fourth-order valence-corrected chi connectivity index (χ4v) is 2.41. The zero-order valence-corrected chi connectivity index (χ0v) is 12.8. The second-order valence-electron chi connectivity index (χ2n) is 3.78. The monoisotopic (exact) mass is 355 g/mol. The lowest BCUT2D eigenvalue weighted by molar-refractivity contribution is 0.481. The summed E-state index contributed by atoms with van der Waals surface area (Å²) in [5.41, 5.74) is 1.47. The van der Waals surface area contributed by atoms with Crippen molar-refractivity contribution in [3.05, 3.63) is 57.6 Å². The molecule has 19 heavy (non-hydrogen) atoms. The Morgan fingerprint density at radius 3 is 2.37 bits per heavy atom. The lowest BCUT2D eigenvalue weighted by Gasteiger charge is -2.09. The molecule has 96 valence electrons. The lowest BCUT2D eigenvalue weighted by atomic mass is 10.1. The minimum absolute atomic E-state index is 0.466. The van der Waals surface area contributed by atoms with E-state index in [4.69, 9.17) is 33.2 Å². The van der Waals surface area contributed by atoms with Gasteiger partial charge < -0.3 is 4.74 Å². The van der Waals surface area contributed by atoms with Crippen molar-refractivity contribution < 1.29 is 4.74 Å². The van der Waals surface area contributed by atoms with Gasteiger partial charge in [-0.05, 0) is 35.9 Å². The van der Waals surface area contributed by atoms with Crippen molar-refractivity contribution in [3.63, 3.8) is 0 Å². The smallest absolute Gasteiger partial charge is 0.145 e. The van der Waals surface area contributed by atoms with E-state index in [1.165, 1.54) is 0 Å². The van der Waals surface area contributed by atoms with Crippen LogP contribution >= 0.6 is 39.1 Å². The van der Waals surface area contributed by atoms with Crippen LogP contribution in [0.15, 0.2) is 36.4 Å². The maximum absolute atomic E-state index is 9.13. The van der Waals surface area contributed by atoms with Gasteiger partial charge in [0.05, 0.1) is 5.56 Å². The van der Waals surface area contributed by atoms with Crippen LogP contribution in [-0.2, 0) is 5.33 Å². The first-order chi connectivity index (χ1) is 9.12. The summed E-state index contributed by atoms with van der Waals surface area (Å²) in [7, 11) is 0. The average molecular weight is 357 g/mol. The van der Waals surface area contributed by atoms with E-state index < -0.39 is 0 Å². The molecule has 5 heteroatoms. The first-order valence-electron chi connectivity index (χ1n) is 5.35. The summed E-state index contributed by atoms with van der Waals surface area (Å²) < 4.78 is 5.65. The van der Waals surface area contributed by atoms with Gasteiger partial charge in [0.1, 0.15) is 17.6 Å². The molecule has 0 spiro atoms. The van der Waals surface area contributed by atoms with Crippen molar-refractivity contribution in [2.45, 2.75) is 5.33 Å². The predicted molar refractivity (Wildman–Crippen MR) is 80.3 cm³/mol. The fraction of sp³-hybridized carbons (Fsp3) is 0.0714. The Hall–Kier alpha value is -1.21. The van der Waals surface area contributed by atoms with Gasteiger partial charge in [0.25, 0.3) is 0 Å². The lowest BCUT2D eigenvalue weighted by Crippen LogP contribution is -1.90. The Labute approximate surface area is 129 Å². The minimum atomic E-state index is 0.466. The van der Waals surface area contributed by atoms with E-state index in [0.717, 1.165) is 5.56 Å². The van der Waals surface area contributed by atoms with Gasteiger partial charge in [0.2, 0.25) is 0 Å². The Bertz CT molecular complexity index is 632. The van der Waals surface area contributed by atoms with E-state index in [1.54, 1.807) is 30.3 Å². The van der Waals surface area contributed by atoms with Crippen molar-refractivity contribution in [2.24, 2.45) is 0 Å². The summed E-state index contributed by atoms with van der Waals surface area (Å²) in [5, 5.41) is 10.8. The van der Waals surface area contributed by atoms with Gasteiger partial charge in [-0.2, -0.15) is 5.26 Å². The van der Waals surface area contributed by atoms with E-state index in [1.807, 2.05) is 6.07 Å². The summed E-state index contributed by atoms with van der Waals surface area (Å²) in [6.07, 6.45) is 0. The topological polar surface area (TPSA) is 33.0 Å². The predicted octanol–water partition coefficient (Wildman–Crippen LogP) is 5.55. The highest BCUT2D eigenvalue weighted by Crippen LogP contribution is 2.30. The molecule has 0 aliphatic carbocycles. The first-order valence-corrected chi connectivity index (χ1v) is 7.23. The third-order valence-corrected chi connectivity index (χ3v) is 3.47. The highest BCUT2D eigenvalue weighted by molar-refractivity contribution is 9.08. The molecule has 0 atom stereocenters. The molecule has 0 aliphatic rings. The van der Waals surface area contributed by atoms with E-state index in [9.17, 15) is 0 Å². The number of benzene rings is 2. The van der Waals surface area contributed by atoms with Crippen molar-refractivity contribution in [2.75, 3.05) is 0 Å². The Morgan fingerprint density at radius 1 is 1.11 bits per heavy atom. The van der Waals surface area contributed by atoms with Crippen LogP contribution in [0.3, 0.4) is 0 Å². The maximum atomic E-state index is 9.13. The van der Waals surface area contributed by atoms with Crippen LogP contribution in [-0.4, -0.2) is 0 Å². The molecular weight excluding hydrogens is 349 g/mol. The van der Waals surface area contributed by atoms with E-state index in [-0.39, 0.29) is 0 Å². The molecule has 0 amide bonds. The van der Waals surface area contributed by atoms with Crippen LogP contribution in [0.5, 0.6) is 11.5 Å². The van der Waals surface area contributed by atoms with E-state index in [0.29, 0.717) is 32.4 Å². The van der Waals surface area contributed by atoms with Gasteiger partial charge in [-0.25, -0.2) is 0 Å². The summed E-state index contributed by atoms with van der Waals surface area (Å²) in [6, 6.07) is 12.4.